The molecule has 116 valence electrons. The molecule has 1 N–H and O–H groups in total. The van der Waals surface area contributed by atoms with Crippen molar-refractivity contribution in [3.8, 4) is 5.75 Å². The molecule has 0 aliphatic rings. The first kappa shape index (κ1) is 16.1. The van der Waals surface area contributed by atoms with Gasteiger partial charge in [-0.3, -0.25) is 4.79 Å². The summed E-state index contributed by atoms with van der Waals surface area (Å²) in [6.07, 6.45) is -0.510. The van der Waals surface area contributed by atoms with Crippen LogP contribution in [0.5, 0.6) is 5.75 Å². The van der Waals surface area contributed by atoms with E-state index in [1.807, 2.05) is 49.4 Å². The number of benzene rings is 2. The highest BCUT2D eigenvalue weighted by atomic mass is 16.5. The zero-order valence-electron chi connectivity index (χ0n) is 13.4. The molecule has 0 unspecified atom stereocenters. The minimum absolute atomic E-state index is 0.0916. The van der Waals surface area contributed by atoms with Gasteiger partial charge in [0.25, 0.3) is 5.91 Å². The second-order valence-electron chi connectivity index (χ2n) is 5.58. The van der Waals surface area contributed by atoms with Crippen LogP contribution in [0.3, 0.4) is 0 Å². The summed E-state index contributed by atoms with van der Waals surface area (Å²) in [5.74, 6) is 0.933. The van der Waals surface area contributed by atoms with E-state index in [2.05, 4.69) is 24.4 Å². The van der Waals surface area contributed by atoms with Gasteiger partial charge in [0.1, 0.15) is 5.75 Å². The van der Waals surface area contributed by atoms with Gasteiger partial charge in [0.15, 0.2) is 6.10 Å². The lowest BCUT2D eigenvalue weighted by atomic mass is 10.0. The Labute approximate surface area is 132 Å². The smallest absolute Gasteiger partial charge is 0.260 e. The van der Waals surface area contributed by atoms with Crippen LogP contribution in [0.15, 0.2) is 54.6 Å². The maximum Gasteiger partial charge on any atom is 0.260 e. The molecule has 0 spiro atoms. The lowest BCUT2D eigenvalue weighted by Crippen LogP contribution is -2.38. The Morgan fingerprint density at radius 2 is 1.68 bits per heavy atom. The van der Waals surface area contributed by atoms with Crippen molar-refractivity contribution < 1.29 is 9.53 Å². The zero-order valence-corrected chi connectivity index (χ0v) is 13.4. The molecule has 0 radical (unpaired) electrons. The Kier molecular flexibility index (Phi) is 5.59. The maximum absolute atomic E-state index is 12.2. The predicted octanol–water partition coefficient (Wildman–Crippen LogP) is 3.68. The van der Waals surface area contributed by atoms with Gasteiger partial charge in [-0.05, 0) is 37.0 Å². The standard InChI is InChI=1S/C19H23NO2/c1-14-9-7-8-12-18(14)22-16(3)19(21)20-13-15(2)17-10-5-4-6-11-17/h4-12,15-16H,13H2,1-3H3,(H,20,21)/t15-,16+/m0/s1. The molecule has 3 heteroatoms. The Balaban J connectivity index is 1.85. The van der Waals surface area contributed by atoms with E-state index in [1.54, 1.807) is 6.92 Å². The van der Waals surface area contributed by atoms with E-state index in [9.17, 15) is 4.79 Å². The molecular formula is C19H23NO2. The molecule has 0 aliphatic heterocycles. The van der Waals surface area contributed by atoms with E-state index in [1.165, 1.54) is 5.56 Å². The number of nitrogens with one attached hydrogen (secondary N) is 1. The number of ether oxygens (including phenoxy) is 1. The number of rotatable bonds is 6. The van der Waals surface area contributed by atoms with Crippen LogP contribution >= 0.6 is 0 Å². The fraction of sp³-hybridized carbons (Fsp3) is 0.316. The lowest BCUT2D eigenvalue weighted by molar-refractivity contribution is -0.127. The molecule has 22 heavy (non-hydrogen) atoms. The molecule has 0 fully saturated rings. The molecule has 0 heterocycles. The lowest BCUT2D eigenvalue weighted by Gasteiger charge is -2.18. The molecule has 2 aromatic carbocycles. The highest BCUT2D eigenvalue weighted by molar-refractivity contribution is 5.80. The number of hydrogen-bond acceptors (Lipinski definition) is 2. The normalized spacial score (nSPS) is 13.2. The Hall–Kier alpha value is -2.29. The summed E-state index contributed by atoms with van der Waals surface area (Å²) in [6, 6.07) is 17.9. The van der Waals surface area contributed by atoms with Gasteiger partial charge < -0.3 is 10.1 Å². The summed E-state index contributed by atoms with van der Waals surface area (Å²) in [5.41, 5.74) is 2.25. The van der Waals surface area contributed by atoms with E-state index < -0.39 is 6.10 Å². The Morgan fingerprint density at radius 3 is 2.36 bits per heavy atom. The van der Waals surface area contributed by atoms with Crippen LogP contribution < -0.4 is 10.1 Å². The summed E-state index contributed by atoms with van der Waals surface area (Å²) in [7, 11) is 0. The van der Waals surface area contributed by atoms with Crippen molar-refractivity contribution in [2.24, 2.45) is 0 Å². The number of hydrogen-bond donors (Lipinski definition) is 1. The number of para-hydroxylation sites is 1. The second kappa shape index (κ2) is 7.64. The minimum Gasteiger partial charge on any atom is -0.481 e. The van der Waals surface area contributed by atoms with Crippen LogP contribution in [-0.4, -0.2) is 18.6 Å². The Morgan fingerprint density at radius 1 is 1.05 bits per heavy atom. The monoisotopic (exact) mass is 297 g/mol. The summed E-state index contributed by atoms with van der Waals surface area (Å²) in [5, 5.41) is 2.96. The van der Waals surface area contributed by atoms with Crippen LogP contribution in [0.1, 0.15) is 30.9 Å². The third-order valence-electron chi connectivity index (χ3n) is 3.72. The van der Waals surface area contributed by atoms with Crippen LogP contribution in [-0.2, 0) is 4.79 Å². The molecule has 2 atom stereocenters. The van der Waals surface area contributed by atoms with Crippen LogP contribution in [0, 0.1) is 6.92 Å². The van der Waals surface area contributed by atoms with E-state index in [4.69, 9.17) is 4.74 Å². The summed E-state index contributed by atoms with van der Waals surface area (Å²) < 4.78 is 5.73. The van der Waals surface area contributed by atoms with Crippen molar-refractivity contribution in [3.63, 3.8) is 0 Å². The largest absolute Gasteiger partial charge is 0.481 e. The SMILES string of the molecule is Cc1ccccc1O[C@H](C)C(=O)NC[C@H](C)c1ccccc1. The first-order chi connectivity index (χ1) is 10.6. The van der Waals surface area contributed by atoms with Crippen molar-refractivity contribution in [1.29, 1.82) is 0 Å². The average Bonchev–Trinajstić information content (AvgIpc) is 2.55. The van der Waals surface area contributed by atoms with Gasteiger partial charge >= 0.3 is 0 Å². The number of aryl methyl sites for hydroxylation is 1. The number of amides is 1. The third-order valence-corrected chi connectivity index (χ3v) is 3.72. The third kappa shape index (κ3) is 4.35. The van der Waals surface area contributed by atoms with Crippen LogP contribution in [0.4, 0.5) is 0 Å². The van der Waals surface area contributed by atoms with Crippen LogP contribution in [0.2, 0.25) is 0 Å². The van der Waals surface area contributed by atoms with E-state index in [0.717, 1.165) is 11.3 Å². The fourth-order valence-corrected chi connectivity index (χ4v) is 2.23. The van der Waals surface area contributed by atoms with Gasteiger partial charge in [0.05, 0.1) is 0 Å². The van der Waals surface area contributed by atoms with Gasteiger partial charge in [-0.2, -0.15) is 0 Å². The average molecular weight is 297 g/mol. The molecule has 0 aliphatic carbocycles. The van der Waals surface area contributed by atoms with E-state index in [-0.39, 0.29) is 11.8 Å². The van der Waals surface area contributed by atoms with Gasteiger partial charge in [-0.1, -0.05) is 55.5 Å². The maximum atomic E-state index is 12.2. The summed E-state index contributed by atoms with van der Waals surface area (Å²) in [4.78, 5) is 12.2. The number of carbonyl (C=O) groups excluding carboxylic acids is 1. The van der Waals surface area contributed by atoms with Crippen molar-refractivity contribution in [1.82, 2.24) is 5.32 Å². The molecule has 0 saturated carbocycles. The molecular weight excluding hydrogens is 274 g/mol. The van der Waals surface area contributed by atoms with Gasteiger partial charge in [-0.25, -0.2) is 0 Å². The van der Waals surface area contributed by atoms with E-state index >= 15 is 0 Å². The molecule has 1 amide bonds. The van der Waals surface area contributed by atoms with Crippen LogP contribution in [0.25, 0.3) is 0 Å². The van der Waals surface area contributed by atoms with Gasteiger partial charge in [0, 0.05) is 6.54 Å². The van der Waals surface area contributed by atoms with Crippen molar-refractivity contribution >= 4 is 5.91 Å². The number of carbonyl (C=O) groups is 1. The Bertz CT molecular complexity index is 610. The molecule has 0 aromatic heterocycles. The second-order valence-corrected chi connectivity index (χ2v) is 5.58. The highest BCUT2D eigenvalue weighted by Crippen LogP contribution is 2.18. The minimum atomic E-state index is -0.510. The first-order valence-electron chi connectivity index (χ1n) is 7.63. The van der Waals surface area contributed by atoms with E-state index in [0.29, 0.717) is 6.54 Å². The highest BCUT2D eigenvalue weighted by Gasteiger charge is 2.16. The van der Waals surface area contributed by atoms with Crippen molar-refractivity contribution in [2.45, 2.75) is 32.8 Å². The quantitative estimate of drug-likeness (QED) is 0.883. The zero-order chi connectivity index (χ0) is 15.9. The molecule has 3 nitrogen and oxygen atoms in total. The molecule has 0 bridgehead atoms. The van der Waals surface area contributed by atoms with Crippen molar-refractivity contribution in [2.75, 3.05) is 6.54 Å². The van der Waals surface area contributed by atoms with Gasteiger partial charge in [-0.15, -0.1) is 0 Å². The topological polar surface area (TPSA) is 38.3 Å². The molecule has 2 rings (SSSR count). The fourth-order valence-electron chi connectivity index (χ4n) is 2.23. The predicted molar refractivity (Wildman–Crippen MR) is 89.1 cm³/mol. The summed E-state index contributed by atoms with van der Waals surface area (Å²) >= 11 is 0. The molecule has 2 aromatic rings. The summed E-state index contributed by atoms with van der Waals surface area (Å²) in [6.45, 7) is 6.44. The van der Waals surface area contributed by atoms with Gasteiger partial charge in [0.2, 0.25) is 0 Å². The molecule has 0 saturated heterocycles. The van der Waals surface area contributed by atoms with Crippen molar-refractivity contribution in [3.05, 3.63) is 65.7 Å². The first-order valence-corrected chi connectivity index (χ1v) is 7.63.